The molecule has 0 aliphatic carbocycles. The third-order valence-corrected chi connectivity index (χ3v) is 4.83. The van der Waals surface area contributed by atoms with Crippen molar-refractivity contribution in [3.05, 3.63) is 12.3 Å². The zero-order valence-corrected chi connectivity index (χ0v) is 15.3. The summed E-state index contributed by atoms with van der Waals surface area (Å²) < 4.78 is 5.28. The van der Waals surface area contributed by atoms with E-state index in [1.165, 1.54) is 0 Å². The molecule has 0 bridgehead atoms. The second kappa shape index (κ2) is 6.42. The monoisotopic (exact) mass is 322 g/mol. The minimum absolute atomic E-state index is 0.0824. The van der Waals surface area contributed by atoms with Gasteiger partial charge in [0.1, 0.15) is 12.8 Å². The Morgan fingerprint density at radius 2 is 2.00 bits per heavy atom. The Morgan fingerprint density at radius 1 is 1.35 bits per heavy atom. The van der Waals surface area contributed by atoms with Crippen LogP contribution in [0.4, 0.5) is 4.79 Å². The van der Waals surface area contributed by atoms with Crippen LogP contribution in [0.2, 0.25) is 0 Å². The van der Waals surface area contributed by atoms with Crippen molar-refractivity contribution in [3.63, 3.8) is 0 Å². The summed E-state index contributed by atoms with van der Waals surface area (Å²) in [6, 6.07) is 0.335. The van der Waals surface area contributed by atoms with Gasteiger partial charge in [0, 0.05) is 19.3 Å². The Bertz CT molecular complexity index is 507. The molecule has 23 heavy (non-hydrogen) atoms. The lowest BCUT2D eigenvalue weighted by Crippen LogP contribution is -2.58. The summed E-state index contributed by atoms with van der Waals surface area (Å²) in [4.78, 5) is 20.5. The van der Waals surface area contributed by atoms with Crippen LogP contribution in [0, 0.1) is 11.3 Å². The minimum atomic E-state index is -0.254. The summed E-state index contributed by atoms with van der Waals surface area (Å²) >= 11 is 0. The highest BCUT2D eigenvalue weighted by Gasteiger charge is 2.41. The Balaban J connectivity index is 2.16. The number of carbonyl (C=O) groups excluding carboxylic acids is 1. The van der Waals surface area contributed by atoms with Gasteiger partial charge < -0.3 is 15.0 Å². The summed E-state index contributed by atoms with van der Waals surface area (Å²) in [6.07, 6.45) is 3.28. The molecule has 130 valence electrons. The predicted molar refractivity (Wildman–Crippen MR) is 92.0 cm³/mol. The third kappa shape index (κ3) is 3.62. The second-order valence-electron chi connectivity index (χ2n) is 7.85. The molecule has 2 aliphatic rings. The minimum Gasteiger partial charge on any atom is -0.447 e. The standard InChI is InChI=1S/C17H30N4O2/c1-11(2)13-10-23-16(22)21(13)14-8-9-18-15(20(14)7)19-12(3)17(4,5)6/h8-9,11-14H,10H2,1-7H3,(H,18,19)/t12-,13+,14?/m0/s1. The summed E-state index contributed by atoms with van der Waals surface area (Å²) in [6.45, 7) is 13.4. The van der Waals surface area contributed by atoms with Gasteiger partial charge in [-0.2, -0.15) is 0 Å². The molecule has 1 fully saturated rings. The summed E-state index contributed by atoms with van der Waals surface area (Å²) in [7, 11) is 1.96. The van der Waals surface area contributed by atoms with E-state index in [1.54, 1.807) is 6.20 Å². The van der Waals surface area contributed by atoms with Crippen molar-refractivity contribution in [2.45, 2.75) is 59.8 Å². The van der Waals surface area contributed by atoms with Crippen LogP contribution >= 0.6 is 0 Å². The first-order chi connectivity index (χ1) is 10.6. The Hall–Kier alpha value is -1.72. The maximum atomic E-state index is 12.2. The molecule has 6 heteroatoms. The molecule has 2 heterocycles. The largest absolute Gasteiger partial charge is 0.447 e. The first-order valence-electron chi connectivity index (χ1n) is 8.32. The molecule has 3 atom stereocenters. The topological polar surface area (TPSA) is 57.2 Å². The first kappa shape index (κ1) is 17.6. The van der Waals surface area contributed by atoms with Crippen molar-refractivity contribution in [2.24, 2.45) is 16.3 Å². The van der Waals surface area contributed by atoms with Crippen molar-refractivity contribution >= 4 is 12.1 Å². The van der Waals surface area contributed by atoms with Crippen molar-refractivity contribution in [1.82, 2.24) is 15.1 Å². The number of likely N-dealkylation sites (N-methyl/N-ethyl adjacent to an activating group) is 1. The highest BCUT2D eigenvalue weighted by molar-refractivity contribution is 5.83. The van der Waals surface area contributed by atoms with Crippen LogP contribution in [0.1, 0.15) is 41.5 Å². The van der Waals surface area contributed by atoms with Crippen LogP contribution in [0.3, 0.4) is 0 Å². The van der Waals surface area contributed by atoms with Crippen molar-refractivity contribution < 1.29 is 9.53 Å². The number of cyclic esters (lactones) is 1. The molecule has 2 rings (SSSR count). The number of amides is 1. The first-order valence-corrected chi connectivity index (χ1v) is 8.32. The van der Waals surface area contributed by atoms with E-state index >= 15 is 0 Å². The van der Waals surface area contributed by atoms with Crippen molar-refractivity contribution in [1.29, 1.82) is 0 Å². The molecule has 0 radical (unpaired) electrons. The molecule has 0 saturated carbocycles. The molecule has 0 aromatic rings. The van der Waals surface area contributed by atoms with E-state index in [0.717, 1.165) is 5.96 Å². The van der Waals surface area contributed by atoms with Gasteiger partial charge in [-0.25, -0.2) is 9.79 Å². The van der Waals surface area contributed by atoms with E-state index in [9.17, 15) is 4.79 Å². The zero-order chi connectivity index (χ0) is 17.4. The van der Waals surface area contributed by atoms with Crippen LogP contribution in [-0.4, -0.2) is 53.8 Å². The van der Waals surface area contributed by atoms with E-state index in [0.29, 0.717) is 12.5 Å². The van der Waals surface area contributed by atoms with Gasteiger partial charge in [-0.1, -0.05) is 34.6 Å². The van der Waals surface area contributed by atoms with Gasteiger partial charge in [-0.15, -0.1) is 0 Å². The van der Waals surface area contributed by atoms with Gasteiger partial charge in [-0.05, 0) is 24.3 Å². The number of carbonyl (C=O) groups is 1. The summed E-state index contributed by atoms with van der Waals surface area (Å²) in [5.74, 6) is 1.12. The average molecular weight is 322 g/mol. The normalized spacial score (nSPS) is 26.4. The number of guanidine groups is 1. The molecule has 1 unspecified atom stereocenters. The molecule has 0 aromatic carbocycles. The number of rotatable bonds is 3. The predicted octanol–water partition coefficient (Wildman–Crippen LogP) is 2.63. The van der Waals surface area contributed by atoms with E-state index in [1.807, 2.05) is 22.9 Å². The fourth-order valence-electron chi connectivity index (χ4n) is 2.63. The molecule has 2 aliphatic heterocycles. The highest BCUT2D eigenvalue weighted by Crippen LogP contribution is 2.26. The van der Waals surface area contributed by atoms with Crippen LogP contribution in [0.15, 0.2) is 17.3 Å². The fourth-order valence-corrected chi connectivity index (χ4v) is 2.63. The highest BCUT2D eigenvalue weighted by atomic mass is 16.6. The fraction of sp³-hybridized carbons (Fsp3) is 0.765. The number of hydrogen-bond acceptors (Lipinski definition) is 5. The zero-order valence-electron chi connectivity index (χ0n) is 15.3. The van der Waals surface area contributed by atoms with Gasteiger partial charge in [0.05, 0.1) is 6.04 Å². The van der Waals surface area contributed by atoms with Crippen LogP contribution in [0.25, 0.3) is 0 Å². The number of hydrogen-bond donors (Lipinski definition) is 1. The average Bonchev–Trinajstić information content (AvgIpc) is 2.82. The smallest absolute Gasteiger partial charge is 0.412 e. The molecule has 1 amide bonds. The summed E-state index contributed by atoms with van der Waals surface area (Å²) in [5, 5.41) is 3.47. The number of aliphatic imine (C=N–C) groups is 1. The van der Waals surface area contributed by atoms with Gasteiger partial charge in [-0.3, -0.25) is 4.90 Å². The maximum absolute atomic E-state index is 12.2. The van der Waals surface area contributed by atoms with Crippen LogP contribution < -0.4 is 5.32 Å². The van der Waals surface area contributed by atoms with E-state index < -0.39 is 0 Å². The molecule has 1 N–H and O–H groups in total. The molecule has 0 aromatic heterocycles. The Labute approximate surface area is 139 Å². The Morgan fingerprint density at radius 3 is 2.57 bits per heavy atom. The van der Waals surface area contributed by atoms with E-state index in [4.69, 9.17) is 4.74 Å². The SMILES string of the molecule is CC(C)[C@H]1COC(=O)N1C1C=CN=C(N[C@@H](C)C(C)(C)C)N1C. The van der Waals surface area contributed by atoms with Crippen LogP contribution in [0.5, 0.6) is 0 Å². The van der Waals surface area contributed by atoms with Gasteiger partial charge in [0.2, 0.25) is 0 Å². The second-order valence-corrected chi connectivity index (χ2v) is 7.85. The molecule has 6 nitrogen and oxygen atoms in total. The quantitative estimate of drug-likeness (QED) is 0.868. The molecule has 1 saturated heterocycles. The Kier molecular flexibility index (Phi) is 4.92. The number of ether oxygens (including phenoxy) is 1. The third-order valence-electron chi connectivity index (χ3n) is 4.83. The molecular formula is C17H30N4O2. The van der Waals surface area contributed by atoms with E-state index in [2.05, 4.69) is 51.9 Å². The number of nitrogens with zero attached hydrogens (tertiary/aromatic N) is 3. The lowest BCUT2D eigenvalue weighted by atomic mass is 9.88. The maximum Gasteiger partial charge on any atom is 0.412 e. The lowest BCUT2D eigenvalue weighted by Gasteiger charge is -2.40. The lowest BCUT2D eigenvalue weighted by molar-refractivity contribution is 0.114. The summed E-state index contributed by atoms with van der Waals surface area (Å²) in [5.41, 5.74) is 0.118. The molecular weight excluding hydrogens is 292 g/mol. The van der Waals surface area contributed by atoms with Crippen molar-refractivity contribution in [2.75, 3.05) is 13.7 Å². The van der Waals surface area contributed by atoms with Crippen molar-refractivity contribution in [3.8, 4) is 0 Å². The van der Waals surface area contributed by atoms with Gasteiger partial charge in [0.25, 0.3) is 0 Å². The molecule has 0 spiro atoms. The van der Waals surface area contributed by atoms with Gasteiger partial charge >= 0.3 is 6.09 Å². The number of nitrogens with one attached hydrogen (secondary N) is 1. The van der Waals surface area contributed by atoms with Crippen LogP contribution in [-0.2, 0) is 4.74 Å². The van der Waals surface area contributed by atoms with Gasteiger partial charge in [0.15, 0.2) is 5.96 Å². The van der Waals surface area contributed by atoms with E-state index in [-0.39, 0.29) is 29.8 Å².